The van der Waals surface area contributed by atoms with E-state index < -0.39 is 5.54 Å². The van der Waals surface area contributed by atoms with Crippen LogP contribution in [0.25, 0.3) is 0 Å². The van der Waals surface area contributed by atoms with Crippen LogP contribution in [0.5, 0.6) is 0 Å². The average Bonchev–Trinajstić information content (AvgIpc) is 3.37. The molecule has 2 saturated carbocycles. The highest BCUT2D eigenvalue weighted by Gasteiger charge is 2.54. The Balaban J connectivity index is 1.42. The highest BCUT2D eigenvalue weighted by molar-refractivity contribution is 6.16. The van der Waals surface area contributed by atoms with Crippen molar-refractivity contribution < 1.29 is 9.18 Å². The standard InChI is InChI=1S/C26H37FN4O/c1-19-17-26(14-15-30(19)18-20-8-5-6-9-20)24(28-22-11-3-2-4-12-22)29-25(32)31(26)23-13-7-10-21(27)16-23/h7,10,13,16,19-20,22H,2-6,8-9,11-12,14-15,17-18H2,1H3,(H,28,29,32). The summed E-state index contributed by atoms with van der Waals surface area (Å²) in [7, 11) is 0. The Hall–Kier alpha value is -1.95. The minimum Gasteiger partial charge on any atom is -0.369 e. The number of carbonyl (C=O) groups is 1. The number of rotatable bonds is 4. The third-order valence-electron chi connectivity index (χ3n) is 8.32. The van der Waals surface area contributed by atoms with Crippen molar-refractivity contribution in [2.24, 2.45) is 10.9 Å². The Morgan fingerprint density at radius 2 is 1.88 bits per heavy atom. The first kappa shape index (κ1) is 21.9. The smallest absolute Gasteiger partial charge is 0.350 e. The van der Waals surface area contributed by atoms with Gasteiger partial charge in [-0.25, -0.2) is 9.18 Å². The van der Waals surface area contributed by atoms with Gasteiger partial charge in [0.15, 0.2) is 0 Å². The number of piperidine rings is 1. The number of amides is 2. The van der Waals surface area contributed by atoms with Crippen molar-refractivity contribution in [1.82, 2.24) is 10.2 Å². The summed E-state index contributed by atoms with van der Waals surface area (Å²) < 4.78 is 14.1. The second-order valence-corrected chi connectivity index (χ2v) is 10.5. The minimum atomic E-state index is -0.506. The molecule has 3 fully saturated rings. The molecule has 1 aromatic carbocycles. The molecule has 2 heterocycles. The van der Waals surface area contributed by atoms with Gasteiger partial charge < -0.3 is 10.2 Å². The fourth-order valence-electron chi connectivity index (χ4n) is 6.60. The number of carbonyl (C=O) groups excluding carboxylic acids is 1. The topological polar surface area (TPSA) is 47.9 Å². The number of halogens is 1. The second-order valence-electron chi connectivity index (χ2n) is 10.5. The molecule has 1 spiro atoms. The van der Waals surface area contributed by atoms with Crippen LogP contribution in [-0.2, 0) is 0 Å². The minimum absolute atomic E-state index is 0.259. The van der Waals surface area contributed by atoms with E-state index in [0.29, 0.717) is 17.8 Å². The molecule has 174 valence electrons. The van der Waals surface area contributed by atoms with E-state index in [-0.39, 0.29) is 11.8 Å². The van der Waals surface area contributed by atoms with Gasteiger partial charge in [0.1, 0.15) is 17.2 Å². The maximum absolute atomic E-state index is 14.1. The molecule has 0 bridgehead atoms. The van der Waals surface area contributed by atoms with Crippen LogP contribution in [0.1, 0.15) is 77.6 Å². The van der Waals surface area contributed by atoms with E-state index in [1.165, 1.54) is 57.1 Å². The lowest BCUT2D eigenvalue weighted by Gasteiger charge is -2.49. The van der Waals surface area contributed by atoms with Crippen LogP contribution in [-0.4, -0.2) is 47.5 Å². The van der Waals surface area contributed by atoms with Gasteiger partial charge in [0.2, 0.25) is 0 Å². The Bertz CT molecular complexity index is 861. The normalized spacial score (nSPS) is 30.3. The summed E-state index contributed by atoms with van der Waals surface area (Å²) in [6.45, 7) is 4.40. The number of nitrogens with zero attached hydrogens (tertiary/aromatic N) is 3. The summed E-state index contributed by atoms with van der Waals surface area (Å²) >= 11 is 0. The first-order valence-electron chi connectivity index (χ1n) is 12.7. The van der Waals surface area contributed by atoms with E-state index in [9.17, 15) is 9.18 Å². The van der Waals surface area contributed by atoms with Gasteiger partial charge >= 0.3 is 6.03 Å². The molecule has 4 aliphatic rings. The molecule has 2 aliphatic carbocycles. The van der Waals surface area contributed by atoms with Crippen LogP contribution in [0.4, 0.5) is 14.9 Å². The molecular weight excluding hydrogens is 403 g/mol. The van der Waals surface area contributed by atoms with E-state index in [2.05, 4.69) is 22.1 Å². The molecule has 1 saturated heterocycles. The van der Waals surface area contributed by atoms with Crippen LogP contribution in [0.2, 0.25) is 0 Å². The fourth-order valence-corrected chi connectivity index (χ4v) is 6.60. The number of nitrogens with one attached hydrogen (secondary N) is 1. The number of aliphatic imine (C=N–C) groups is 1. The molecule has 0 radical (unpaired) electrons. The Morgan fingerprint density at radius 3 is 2.59 bits per heavy atom. The maximum atomic E-state index is 14.1. The number of urea groups is 1. The zero-order chi connectivity index (χ0) is 22.1. The van der Waals surface area contributed by atoms with Gasteiger partial charge in [-0.3, -0.25) is 4.90 Å². The van der Waals surface area contributed by atoms with E-state index in [1.807, 2.05) is 6.07 Å². The van der Waals surface area contributed by atoms with Crippen molar-refractivity contribution in [3.05, 3.63) is 30.1 Å². The van der Waals surface area contributed by atoms with Crippen molar-refractivity contribution in [3.63, 3.8) is 0 Å². The molecule has 2 amide bonds. The number of hydrogen-bond donors (Lipinski definition) is 1. The SMILES string of the molecule is CC1CC2(CCN1CC1CCCC1)C(NC1CCCCC1)=NC(=O)N2c1cccc(F)c1. The fraction of sp³-hybridized carbons (Fsp3) is 0.692. The van der Waals surface area contributed by atoms with Crippen molar-refractivity contribution >= 4 is 17.6 Å². The largest absolute Gasteiger partial charge is 0.369 e. The average molecular weight is 441 g/mol. The van der Waals surface area contributed by atoms with E-state index in [1.54, 1.807) is 11.0 Å². The Labute approximate surface area is 191 Å². The van der Waals surface area contributed by atoms with E-state index in [0.717, 1.165) is 50.5 Å². The van der Waals surface area contributed by atoms with Crippen LogP contribution < -0.4 is 10.2 Å². The van der Waals surface area contributed by atoms with Gasteiger partial charge in [-0.15, -0.1) is 0 Å². The molecule has 5 nitrogen and oxygen atoms in total. The third kappa shape index (κ3) is 4.18. The molecule has 6 heteroatoms. The summed E-state index contributed by atoms with van der Waals surface area (Å²) in [5, 5.41) is 3.71. The lowest BCUT2D eigenvalue weighted by molar-refractivity contribution is 0.111. The molecule has 1 aromatic rings. The summed E-state index contributed by atoms with van der Waals surface area (Å²) in [6, 6.07) is 6.93. The number of benzene rings is 1. The van der Waals surface area contributed by atoms with Crippen LogP contribution in [0.15, 0.2) is 29.3 Å². The number of anilines is 1. The lowest BCUT2D eigenvalue weighted by atomic mass is 9.80. The predicted molar refractivity (Wildman–Crippen MR) is 127 cm³/mol. The monoisotopic (exact) mass is 440 g/mol. The number of amidine groups is 1. The van der Waals surface area contributed by atoms with Gasteiger partial charge in [0.05, 0.1) is 0 Å². The summed E-state index contributed by atoms with van der Waals surface area (Å²) in [5.74, 6) is 1.32. The van der Waals surface area contributed by atoms with Crippen LogP contribution >= 0.6 is 0 Å². The van der Waals surface area contributed by atoms with Gasteiger partial charge in [0, 0.05) is 30.9 Å². The zero-order valence-corrected chi connectivity index (χ0v) is 19.4. The van der Waals surface area contributed by atoms with Gasteiger partial charge in [-0.05, 0) is 69.6 Å². The molecule has 1 N–H and O–H groups in total. The van der Waals surface area contributed by atoms with E-state index in [4.69, 9.17) is 0 Å². The summed E-state index contributed by atoms with van der Waals surface area (Å²) in [5.41, 5.74) is 0.115. The molecular formula is C26H37FN4O. The predicted octanol–water partition coefficient (Wildman–Crippen LogP) is 5.50. The highest BCUT2D eigenvalue weighted by Crippen LogP contribution is 2.42. The van der Waals surface area contributed by atoms with E-state index >= 15 is 0 Å². The first-order chi connectivity index (χ1) is 15.5. The van der Waals surface area contributed by atoms with Gasteiger partial charge in [0.25, 0.3) is 0 Å². The molecule has 2 aliphatic heterocycles. The number of likely N-dealkylation sites (tertiary alicyclic amines) is 1. The van der Waals surface area contributed by atoms with Crippen LogP contribution in [0.3, 0.4) is 0 Å². The summed E-state index contributed by atoms with van der Waals surface area (Å²) in [6.07, 6.45) is 13.1. The molecule has 0 aromatic heterocycles. The van der Waals surface area contributed by atoms with Gasteiger partial charge in [-0.1, -0.05) is 38.2 Å². The lowest BCUT2D eigenvalue weighted by Crippen LogP contribution is -2.64. The van der Waals surface area contributed by atoms with Crippen molar-refractivity contribution in [3.8, 4) is 0 Å². The third-order valence-corrected chi connectivity index (χ3v) is 8.32. The van der Waals surface area contributed by atoms with Crippen LogP contribution in [0, 0.1) is 11.7 Å². The molecule has 32 heavy (non-hydrogen) atoms. The molecule has 5 rings (SSSR count). The second kappa shape index (κ2) is 9.12. The maximum Gasteiger partial charge on any atom is 0.350 e. The Kier molecular flexibility index (Phi) is 6.24. The highest BCUT2D eigenvalue weighted by atomic mass is 19.1. The molecule has 2 atom stereocenters. The summed E-state index contributed by atoms with van der Waals surface area (Å²) in [4.78, 5) is 22.2. The zero-order valence-electron chi connectivity index (χ0n) is 19.4. The molecule has 2 unspecified atom stereocenters. The first-order valence-corrected chi connectivity index (χ1v) is 12.7. The Morgan fingerprint density at radius 1 is 1.12 bits per heavy atom. The number of hydrogen-bond acceptors (Lipinski definition) is 3. The quantitative estimate of drug-likeness (QED) is 0.673. The van der Waals surface area contributed by atoms with Gasteiger partial charge in [-0.2, -0.15) is 4.99 Å². The van der Waals surface area contributed by atoms with Crippen molar-refractivity contribution in [1.29, 1.82) is 0 Å². The van der Waals surface area contributed by atoms with Crippen molar-refractivity contribution in [2.45, 2.75) is 95.2 Å². The van der Waals surface area contributed by atoms with Crippen molar-refractivity contribution in [2.75, 3.05) is 18.0 Å².